The van der Waals surface area contributed by atoms with E-state index in [9.17, 15) is 35.9 Å². The zero-order valence-electron chi connectivity index (χ0n) is 19.0. The van der Waals surface area contributed by atoms with E-state index in [-0.39, 0.29) is 31.9 Å². The fraction of sp³-hybridized carbons (Fsp3) is 0.261. The number of hydrogen-bond acceptors (Lipinski definition) is 5. The van der Waals surface area contributed by atoms with Crippen LogP contribution in [0.15, 0.2) is 47.4 Å². The van der Waals surface area contributed by atoms with Crippen molar-refractivity contribution < 1.29 is 31.1 Å². The van der Waals surface area contributed by atoms with Gasteiger partial charge >= 0.3 is 12.4 Å². The minimum Gasteiger partial charge on any atom is -0.304 e. The molecule has 1 fully saturated rings. The van der Waals surface area contributed by atoms with Gasteiger partial charge in [-0.2, -0.15) is 36.7 Å². The van der Waals surface area contributed by atoms with E-state index in [1.54, 1.807) is 0 Å². The van der Waals surface area contributed by atoms with E-state index in [0.717, 1.165) is 17.2 Å². The van der Waals surface area contributed by atoms with Gasteiger partial charge in [0.25, 0.3) is 11.5 Å². The minimum absolute atomic E-state index is 0.0592. The van der Waals surface area contributed by atoms with Crippen molar-refractivity contribution in [3.05, 3.63) is 64.1 Å². The Balaban J connectivity index is 1.78. The second kappa shape index (κ2) is 8.55. The molecule has 1 aromatic heterocycles. The number of nitriles is 1. The summed E-state index contributed by atoms with van der Waals surface area (Å²) in [6, 6.07) is 8.27. The van der Waals surface area contributed by atoms with Crippen LogP contribution in [0.25, 0.3) is 10.8 Å². The molecule has 0 N–H and O–H groups in total. The maximum atomic E-state index is 13.5. The number of fused-ring (bicyclic) bond motifs is 1. The fourth-order valence-electron chi connectivity index (χ4n) is 4.06. The van der Waals surface area contributed by atoms with Crippen LogP contribution in [-0.4, -0.2) is 32.5 Å². The van der Waals surface area contributed by atoms with Crippen LogP contribution in [0.5, 0.6) is 0 Å². The zero-order chi connectivity index (χ0) is 27.5. The van der Waals surface area contributed by atoms with Crippen molar-refractivity contribution in [3.63, 3.8) is 0 Å². The van der Waals surface area contributed by atoms with E-state index < -0.39 is 47.0 Å². The molecule has 14 heteroatoms. The van der Waals surface area contributed by atoms with E-state index in [2.05, 4.69) is 5.10 Å². The van der Waals surface area contributed by atoms with Crippen molar-refractivity contribution in [2.75, 3.05) is 9.80 Å². The molecule has 0 atom stereocenters. The predicted octanol–water partition coefficient (Wildman–Crippen LogP) is 4.77. The molecular formula is C23H15F6N5O2S. The second-order valence-electron chi connectivity index (χ2n) is 8.65. The molecule has 192 valence electrons. The third kappa shape index (κ3) is 4.50. The van der Waals surface area contributed by atoms with Crippen LogP contribution in [0, 0.1) is 11.3 Å². The molecule has 0 aliphatic carbocycles. The number of carbonyl (C=O) groups is 1. The predicted molar refractivity (Wildman–Crippen MR) is 125 cm³/mol. The van der Waals surface area contributed by atoms with Gasteiger partial charge in [-0.15, -0.1) is 0 Å². The molecule has 3 aromatic rings. The van der Waals surface area contributed by atoms with Crippen LogP contribution in [-0.2, 0) is 17.5 Å². The maximum Gasteiger partial charge on any atom is 0.417 e. The summed E-state index contributed by atoms with van der Waals surface area (Å²) in [4.78, 5) is 28.0. The Hall–Kier alpha value is -3.99. The van der Waals surface area contributed by atoms with Crippen molar-refractivity contribution in [3.8, 4) is 6.07 Å². The number of hydrogen-bond donors (Lipinski definition) is 0. The summed E-state index contributed by atoms with van der Waals surface area (Å²) in [5, 5.41) is 12.5. The minimum atomic E-state index is -4.86. The average molecular weight is 539 g/mol. The van der Waals surface area contributed by atoms with Gasteiger partial charge in [-0.05, 0) is 62.5 Å². The van der Waals surface area contributed by atoms with Crippen LogP contribution in [0.1, 0.15) is 25.0 Å². The van der Waals surface area contributed by atoms with Crippen molar-refractivity contribution in [1.29, 1.82) is 5.26 Å². The van der Waals surface area contributed by atoms with E-state index in [1.807, 2.05) is 0 Å². The summed E-state index contributed by atoms with van der Waals surface area (Å²) in [5.41, 5.74) is -4.16. The van der Waals surface area contributed by atoms with E-state index >= 15 is 0 Å². The third-order valence-corrected chi connectivity index (χ3v) is 6.14. The highest BCUT2D eigenvalue weighted by Crippen LogP contribution is 2.40. The van der Waals surface area contributed by atoms with Gasteiger partial charge in [-0.1, -0.05) is 0 Å². The third-order valence-electron chi connectivity index (χ3n) is 5.78. The molecule has 1 amide bonds. The lowest BCUT2D eigenvalue weighted by Crippen LogP contribution is -2.44. The fourth-order valence-corrected chi connectivity index (χ4v) is 4.58. The van der Waals surface area contributed by atoms with E-state index in [1.165, 1.54) is 49.1 Å². The average Bonchev–Trinajstić information content (AvgIpc) is 2.97. The van der Waals surface area contributed by atoms with Gasteiger partial charge in [0.1, 0.15) is 12.1 Å². The molecule has 2 heterocycles. The Kier molecular flexibility index (Phi) is 6.03. The van der Waals surface area contributed by atoms with Crippen LogP contribution in [0.2, 0.25) is 0 Å². The zero-order valence-corrected chi connectivity index (χ0v) is 19.8. The smallest absolute Gasteiger partial charge is 0.304 e. The molecule has 1 aliphatic heterocycles. The first kappa shape index (κ1) is 26.1. The maximum absolute atomic E-state index is 13.5. The molecule has 4 rings (SSSR count). The molecule has 0 radical (unpaired) electrons. The number of aromatic nitrogens is 2. The highest BCUT2D eigenvalue weighted by Gasteiger charge is 2.50. The Morgan fingerprint density at radius 1 is 1.03 bits per heavy atom. The first-order chi connectivity index (χ1) is 17.1. The van der Waals surface area contributed by atoms with Gasteiger partial charge in [0.05, 0.1) is 34.5 Å². The Morgan fingerprint density at radius 2 is 1.68 bits per heavy atom. The molecule has 0 saturated carbocycles. The van der Waals surface area contributed by atoms with E-state index in [4.69, 9.17) is 17.5 Å². The van der Waals surface area contributed by atoms with Gasteiger partial charge in [-0.25, -0.2) is 4.68 Å². The number of anilines is 2. The topological polar surface area (TPSA) is 82.2 Å². The van der Waals surface area contributed by atoms with Crippen LogP contribution in [0.3, 0.4) is 0 Å². The summed E-state index contributed by atoms with van der Waals surface area (Å²) in [6.45, 7) is 1.40. The van der Waals surface area contributed by atoms with Crippen molar-refractivity contribution in [2.45, 2.75) is 38.3 Å². The van der Waals surface area contributed by atoms with E-state index in [0.29, 0.717) is 6.07 Å². The quantitative estimate of drug-likeness (QED) is 0.353. The number of halogens is 6. The largest absolute Gasteiger partial charge is 0.417 e. The standard InChI is InChI=1S/C23H15F6N5O2S/c1-21(2)19(36)33(14-4-3-12(9-30)17(8-14)23(27,28)29)20(37)34(21)15-5-6-16-13(7-15)10-31-32(18(16)35)11-22(24,25)26/h3-8,10H,11H2,1-2H3. The van der Waals surface area contributed by atoms with Crippen molar-refractivity contribution in [1.82, 2.24) is 9.78 Å². The lowest BCUT2D eigenvalue weighted by atomic mass is 10.0. The number of rotatable bonds is 3. The number of thiocarbonyl (C=S) groups is 1. The summed E-state index contributed by atoms with van der Waals surface area (Å²) in [7, 11) is 0. The van der Waals surface area contributed by atoms with Gasteiger partial charge < -0.3 is 4.90 Å². The van der Waals surface area contributed by atoms with Gasteiger partial charge in [0.15, 0.2) is 5.11 Å². The van der Waals surface area contributed by atoms with Crippen LogP contribution in [0.4, 0.5) is 37.7 Å². The van der Waals surface area contributed by atoms with Crippen LogP contribution < -0.4 is 15.4 Å². The highest BCUT2D eigenvalue weighted by molar-refractivity contribution is 7.81. The molecule has 1 aliphatic rings. The molecule has 37 heavy (non-hydrogen) atoms. The second-order valence-corrected chi connectivity index (χ2v) is 9.02. The molecule has 0 unspecified atom stereocenters. The number of alkyl halides is 6. The molecule has 0 spiro atoms. The normalized spacial score (nSPS) is 16.0. The molecule has 2 aromatic carbocycles. The van der Waals surface area contributed by atoms with Gasteiger partial charge in [0, 0.05) is 11.1 Å². The lowest BCUT2D eigenvalue weighted by molar-refractivity contribution is -0.143. The SMILES string of the molecule is CC1(C)C(=O)N(c2ccc(C#N)c(C(F)(F)F)c2)C(=S)N1c1ccc2c(=O)n(CC(F)(F)F)ncc2c1. The van der Waals surface area contributed by atoms with Crippen molar-refractivity contribution in [2.24, 2.45) is 0 Å². The highest BCUT2D eigenvalue weighted by atomic mass is 32.1. The molecular weight excluding hydrogens is 524 g/mol. The number of carbonyl (C=O) groups excluding carboxylic acids is 1. The summed E-state index contributed by atoms with van der Waals surface area (Å²) in [5.74, 6) is -0.658. The van der Waals surface area contributed by atoms with Crippen LogP contribution >= 0.6 is 12.2 Å². The Bertz CT molecular complexity index is 1550. The van der Waals surface area contributed by atoms with Crippen molar-refractivity contribution >= 4 is 45.4 Å². The monoisotopic (exact) mass is 539 g/mol. The molecule has 1 saturated heterocycles. The lowest BCUT2D eigenvalue weighted by Gasteiger charge is -2.29. The first-order valence-corrected chi connectivity index (χ1v) is 10.8. The Labute approximate surface area is 210 Å². The summed E-state index contributed by atoms with van der Waals surface area (Å²) < 4.78 is 79.0. The first-order valence-electron chi connectivity index (χ1n) is 10.4. The Morgan fingerprint density at radius 3 is 2.27 bits per heavy atom. The molecule has 0 bridgehead atoms. The molecule has 7 nitrogen and oxygen atoms in total. The number of amides is 1. The number of nitrogens with zero attached hydrogens (tertiary/aromatic N) is 5. The van der Waals surface area contributed by atoms with Gasteiger partial charge in [-0.3, -0.25) is 14.5 Å². The summed E-state index contributed by atoms with van der Waals surface area (Å²) in [6.07, 6.45) is -8.45. The summed E-state index contributed by atoms with van der Waals surface area (Å²) >= 11 is 5.46. The number of benzene rings is 2. The van der Waals surface area contributed by atoms with Gasteiger partial charge in [0.2, 0.25) is 0 Å².